The number of benzene rings is 1. The van der Waals surface area contributed by atoms with Crippen LogP contribution in [0.1, 0.15) is 23.7 Å². The Morgan fingerprint density at radius 3 is 2.67 bits per heavy atom. The lowest BCUT2D eigenvalue weighted by molar-refractivity contribution is -0.151. The van der Waals surface area contributed by atoms with Crippen LogP contribution in [0.5, 0.6) is 0 Å². The molecule has 2 aromatic rings. The molecule has 1 heterocycles. The van der Waals surface area contributed by atoms with Gasteiger partial charge in [-0.25, -0.2) is 9.59 Å². The summed E-state index contributed by atoms with van der Waals surface area (Å²) in [6.45, 7) is 1.70. The van der Waals surface area contributed by atoms with Gasteiger partial charge >= 0.3 is 11.9 Å². The summed E-state index contributed by atoms with van der Waals surface area (Å²) in [6.07, 6.45) is -0.694. The van der Waals surface area contributed by atoms with E-state index in [4.69, 9.17) is 4.74 Å². The van der Waals surface area contributed by atoms with E-state index in [1.54, 1.807) is 31.2 Å². The second kappa shape index (κ2) is 6.21. The van der Waals surface area contributed by atoms with Gasteiger partial charge in [0.1, 0.15) is 0 Å². The summed E-state index contributed by atoms with van der Waals surface area (Å²) in [5.41, 5.74) is 0.242. The molecular weight excluding hydrogens is 274 g/mol. The number of rotatable bonds is 4. The number of aromatic amines is 1. The van der Waals surface area contributed by atoms with Gasteiger partial charge < -0.3 is 14.5 Å². The minimum Gasteiger partial charge on any atom is -0.466 e. The van der Waals surface area contributed by atoms with Crippen molar-refractivity contribution in [2.45, 2.75) is 19.4 Å². The summed E-state index contributed by atoms with van der Waals surface area (Å²) < 4.78 is 9.70. The van der Waals surface area contributed by atoms with E-state index in [1.165, 1.54) is 7.11 Å². The SMILES string of the molecule is CCC(OC(=O)c1cc(=O)[nH]c2ccccc12)C(=O)OC. The third kappa shape index (κ3) is 3.10. The average molecular weight is 289 g/mol. The molecule has 1 N–H and O–H groups in total. The van der Waals surface area contributed by atoms with Crippen molar-refractivity contribution in [3.8, 4) is 0 Å². The van der Waals surface area contributed by atoms with Crippen molar-refractivity contribution in [2.24, 2.45) is 0 Å². The summed E-state index contributed by atoms with van der Waals surface area (Å²) in [5, 5.41) is 0.557. The molecule has 110 valence electrons. The summed E-state index contributed by atoms with van der Waals surface area (Å²) in [5.74, 6) is -1.35. The molecule has 6 heteroatoms. The zero-order valence-electron chi connectivity index (χ0n) is 11.7. The van der Waals surface area contributed by atoms with Gasteiger partial charge in [0.05, 0.1) is 12.7 Å². The molecule has 0 spiro atoms. The summed E-state index contributed by atoms with van der Waals surface area (Å²) in [4.78, 5) is 37.9. The van der Waals surface area contributed by atoms with E-state index in [0.717, 1.165) is 6.07 Å². The number of H-pyrrole nitrogens is 1. The summed E-state index contributed by atoms with van der Waals surface area (Å²) in [7, 11) is 1.22. The Kier molecular flexibility index (Phi) is 4.37. The van der Waals surface area contributed by atoms with Crippen LogP contribution in [-0.2, 0) is 14.3 Å². The first-order chi connectivity index (χ1) is 10.1. The van der Waals surface area contributed by atoms with Gasteiger partial charge in [-0.05, 0) is 12.5 Å². The topological polar surface area (TPSA) is 85.5 Å². The van der Waals surface area contributed by atoms with E-state index in [2.05, 4.69) is 9.72 Å². The fraction of sp³-hybridized carbons (Fsp3) is 0.267. The van der Waals surface area contributed by atoms with Gasteiger partial charge in [-0.1, -0.05) is 25.1 Å². The maximum absolute atomic E-state index is 12.2. The summed E-state index contributed by atoms with van der Waals surface area (Å²) >= 11 is 0. The highest BCUT2D eigenvalue weighted by Crippen LogP contribution is 2.16. The first kappa shape index (κ1) is 14.8. The largest absolute Gasteiger partial charge is 0.466 e. The number of nitrogens with one attached hydrogen (secondary N) is 1. The molecule has 6 nitrogen and oxygen atoms in total. The second-order valence-corrected chi connectivity index (χ2v) is 4.42. The Morgan fingerprint density at radius 1 is 1.29 bits per heavy atom. The molecule has 0 aliphatic heterocycles. The minimum atomic E-state index is -0.986. The first-order valence-electron chi connectivity index (χ1n) is 6.47. The van der Waals surface area contributed by atoms with Crippen LogP contribution in [0.25, 0.3) is 10.9 Å². The third-order valence-electron chi connectivity index (χ3n) is 3.05. The first-order valence-corrected chi connectivity index (χ1v) is 6.47. The molecule has 21 heavy (non-hydrogen) atoms. The molecule has 1 atom stereocenters. The zero-order valence-corrected chi connectivity index (χ0v) is 11.7. The number of hydrogen-bond acceptors (Lipinski definition) is 5. The average Bonchev–Trinajstić information content (AvgIpc) is 2.50. The quantitative estimate of drug-likeness (QED) is 0.865. The zero-order chi connectivity index (χ0) is 15.4. The number of para-hydroxylation sites is 1. The van der Waals surface area contributed by atoms with E-state index in [1.807, 2.05) is 0 Å². The van der Waals surface area contributed by atoms with Crippen LogP contribution in [0.15, 0.2) is 35.1 Å². The van der Waals surface area contributed by atoms with Crippen LogP contribution in [0.3, 0.4) is 0 Å². The molecule has 0 saturated carbocycles. The fourth-order valence-electron chi connectivity index (χ4n) is 2.00. The van der Waals surface area contributed by atoms with Crippen LogP contribution in [0.4, 0.5) is 0 Å². The van der Waals surface area contributed by atoms with Crippen LogP contribution in [0.2, 0.25) is 0 Å². The molecule has 1 unspecified atom stereocenters. The van der Waals surface area contributed by atoms with Gasteiger partial charge in [-0.15, -0.1) is 0 Å². The molecule has 0 fully saturated rings. The molecule has 1 aromatic carbocycles. The number of aromatic nitrogens is 1. The maximum atomic E-state index is 12.2. The number of esters is 2. The van der Waals surface area contributed by atoms with Crippen molar-refractivity contribution in [3.05, 3.63) is 46.2 Å². The van der Waals surface area contributed by atoms with Crippen LogP contribution in [0, 0.1) is 0 Å². The Labute approximate surface area is 120 Å². The van der Waals surface area contributed by atoms with E-state index in [9.17, 15) is 14.4 Å². The third-order valence-corrected chi connectivity index (χ3v) is 3.05. The van der Waals surface area contributed by atoms with Crippen molar-refractivity contribution in [1.29, 1.82) is 0 Å². The van der Waals surface area contributed by atoms with Crippen LogP contribution < -0.4 is 5.56 Å². The Hall–Kier alpha value is -2.63. The fourth-order valence-corrected chi connectivity index (χ4v) is 2.00. The predicted molar refractivity (Wildman–Crippen MR) is 76.1 cm³/mol. The normalized spacial score (nSPS) is 11.9. The number of fused-ring (bicyclic) bond motifs is 1. The lowest BCUT2D eigenvalue weighted by Gasteiger charge is -2.14. The highest BCUT2D eigenvalue weighted by molar-refractivity contribution is 6.03. The molecule has 1 aromatic heterocycles. The van der Waals surface area contributed by atoms with Gasteiger partial charge in [-0.2, -0.15) is 0 Å². The van der Waals surface area contributed by atoms with Gasteiger partial charge in [-0.3, -0.25) is 4.79 Å². The molecule has 0 aliphatic carbocycles. The Balaban J connectivity index is 2.39. The van der Waals surface area contributed by atoms with Crippen molar-refractivity contribution in [1.82, 2.24) is 4.98 Å². The minimum absolute atomic E-state index is 0.122. The van der Waals surface area contributed by atoms with Gasteiger partial charge in [0.2, 0.25) is 5.56 Å². The number of methoxy groups -OCH3 is 1. The Morgan fingerprint density at radius 2 is 2.00 bits per heavy atom. The second-order valence-electron chi connectivity index (χ2n) is 4.42. The monoisotopic (exact) mass is 289 g/mol. The standard InChI is InChI=1S/C15H15NO5/c1-3-12(15(19)20-2)21-14(18)10-8-13(17)16-11-7-5-4-6-9(10)11/h4-8,12H,3H2,1-2H3,(H,16,17). The smallest absolute Gasteiger partial charge is 0.347 e. The maximum Gasteiger partial charge on any atom is 0.347 e. The number of hydrogen-bond donors (Lipinski definition) is 1. The molecule has 0 bridgehead atoms. The van der Waals surface area contributed by atoms with E-state index >= 15 is 0 Å². The molecule has 0 aliphatic rings. The number of pyridine rings is 1. The number of carbonyl (C=O) groups is 2. The molecule has 0 amide bonds. The lowest BCUT2D eigenvalue weighted by Crippen LogP contribution is -2.28. The number of ether oxygens (including phenoxy) is 2. The van der Waals surface area contributed by atoms with Crippen molar-refractivity contribution in [2.75, 3.05) is 7.11 Å². The predicted octanol–water partition coefficient (Wildman–Crippen LogP) is 1.64. The highest BCUT2D eigenvalue weighted by Gasteiger charge is 2.23. The van der Waals surface area contributed by atoms with Gasteiger partial charge in [0.25, 0.3) is 0 Å². The molecular formula is C15H15NO5. The Bertz CT molecular complexity index is 734. The molecule has 2 rings (SSSR count). The lowest BCUT2D eigenvalue weighted by atomic mass is 10.1. The molecule has 0 saturated heterocycles. The molecule has 0 radical (unpaired) electrons. The van der Waals surface area contributed by atoms with Crippen molar-refractivity contribution >= 4 is 22.8 Å². The van der Waals surface area contributed by atoms with Crippen LogP contribution in [-0.4, -0.2) is 30.1 Å². The van der Waals surface area contributed by atoms with E-state index < -0.39 is 23.6 Å². The van der Waals surface area contributed by atoms with Gasteiger partial charge in [0, 0.05) is 17.0 Å². The summed E-state index contributed by atoms with van der Waals surface area (Å²) in [6, 6.07) is 8.03. The highest BCUT2D eigenvalue weighted by atomic mass is 16.6. The van der Waals surface area contributed by atoms with Crippen LogP contribution >= 0.6 is 0 Å². The number of carbonyl (C=O) groups excluding carboxylic acids is 2. The van der Waals surface area contributed by atoms with E-state index in [-0.39, 0.29) is 5.56 Å². The van der Waals surface area contributed by atoms with Crippen molar-refractivity contribution < 1.29 is 19.1 Å². The van der Waals surface area contributed by atoms with E-state index in [0.29, 0.717) is 17.3 Å². The van der Waals surface area contributed by atoms with Gasteiger partial charge in [0.15, 0.2) is 6.10 Å². The van der Waals surface area contributed by atoms with Crippen molar-refractivity contribution in [3.63, 3.8) is 0 Å².